The summed E-state index contributed by atoms with van der Waals surface area (Å²) in [5.74, 6) is 0.0739. The van der Waals surface area contributed by atoms with Crippen molar-refractivity contribution in [1.29, 1.82) is 0 Å². The minimum absolute atomic E-state index is 0.0739. The van der Waals surface area contributed by atoms with Crippen LogP contribution in [-0.4, -0.2) is 16.7 Å². The number of rotatable bonds is 3. The molecular formula is C10H8BrClN2O2S. The second-order valence-electron chi connectivity index (χ2n) is 3.23. The van der Waals surface area contributed by atoms with Gasteiger partial charge in [-0.2, -0.15) is 0 Å². The van der Waals surface area contributed by atoms with Crippen molar-refractivity contribution in [2.45, 2.75) is 6.54 Å². The van der Waals surface area contributed by atoms with Gasteiger partial charge in [-0.1, -0.05) is 11.6 Å². The standard InChI is InChI=1S/C10H8BrClN2O2S/c1-16-8-9(12)13-5-14(10(8)15)3-7-2-6(11)4-17-7/h2,4-5H,3H2,1H3. The molecular weight excluding hydrogens is 328 g/mol. The lowest BCUT2D eigenvalue weighted by Crippen LogP contribution is -2.22. The molecule has 0 aliphatic carbocycles. The molecule has 0 atom stereocenters. The Balaban J connectivity index is 2.37. The molecule has 0 fully saturated rings. The molecule has 0 aromatic carbocycles. The molecule has 0 saturated heterocycles. The van der Waals surface area contributed by atoms with Gasteiger partial charge in [0.25, 0.3) is 5.56 Å². The van der Waals surface area contributed by atoms with Gasteiger partial charge in [0.2, 0.25) is 5.75 Å². The van der Waals surface area contributed by atoms with Crippen LogP contribution < -0.4 is 10.3 Å². The van der Waals surface area contributed by atoms with Gasteiger partial charge < -0.3 is 4.74 Å². The van der Waals surface area contributed by atoms with E-state index in [9.17, 15) is 4.79 Å². The van der Waals surface area contributed by atoms with Crippen LogP contribution in [-0.2, 0) is 6.54 Å². The van der Waals surface area contributed by atoms with E-state index in [1.807, 2.05) is 11.4 Å². The molecule has 0 aliphatic rings. The molecule has 0 radical (unpaired) electrons. The number of halogens is 2. The summed E-state index contributed by atoms with van der Waals surface area (Å²) in [7, 11) is 1.40. The molecule has 90 valence electrons. The summed E-state index contributed by atoms with van der Waals surface area (Å²) in [4.78, 5) is 16.9. The predicted octanol–water partition coefficient (Wildman–Crippen LogP) is 2.78. The minimum Gasteiger partial charge on any atom is -0.489 e. The summed E-state index contributed by atoms with van der Waals surface area (Å²) in [6, 6.07) is 1.96. The lowest BCUT2D eigenvalue weighted by molar-refractivity contribution is 0.401. The Hall–Kier alpha value is -0.850. The zero-order chi connectivity index (χ0) is 12.4. The van der Waals surface area contributed by atoms with E-state index in [0.717, 1.165) is 9.35 Å². The van der Waals surface area contributed by atoms with Crippen molar-refractivity contribution < 1.29 is 4.74 Å². The Bertz CT molecular complexity index is 596. The maximum atomic E-state index is 11.9. The highest BCUT2D eigenvalue weighted by molar-refractivity contribution is 9.10. The van der Waals surface area contributed by atoms with Crippen molar-refractivity contribution >= 4 is 38.9 Å². The molecule has 2 aromatic heterocycles. The summed E-state index contributed by atoms with van der Waals surface area (Å²) in [6.45, 7) is 0.454. The Morgan fingerprint density at radius 2 is 2.41 bits per heavy atom. The zero-order valence-electron chi connectivity index (χ0n) is 8.81. The number of hydrogen-bond acceptors (Lipinski definition) is 4. The van der Waals surface area contributed by atoms with Crippen molar-refractivity contribution in [3.63, 3.8) is 0 Å². The van der Waals surface area contributed by atoms with Crippen LogP contribution in [0.4, 0.5) is 0 Å². The number of nitrogens with zero attached hydrogens (tertiary/aromatic N) is 2. The van der Waals surface area contributed by atoms with Crippen LogP contribution in [0.5, 0.6) is 5.75 Å². The summed E-state index contributed by atoms with van der Waals surface area (Å²) in [6.07, 6.45) is 1.42. The van der Waals surface area contributed by atoms with E-state index in [1.54, 1.807) is 11.3 Å². The molecule has 2 aromatic rings. The van der Waals surface area contributed by atoms with Crippen molar-refractivity contribution in [3.05, 3.63) is 42.6 Å². The van der Waals surface area contributed by atoms with Gasteiger partial charge in [0, 0.05) is 14.7 Å². The quantitative estimate of drug-likeness (QED) is 0.810. The SMILES string of the molecule is COc1c(Cl)ncn(Cc2cc(Br)cs2)c1=O. The van der Waals surface area contributed by atoms with Gasteiger partial charge in [0.1, 0.15) is 0 Å². The molecule has 0 aliphatic heterocycles. The minimum atomic E-state index is -0.281. The Morgan fingerprint density at radius 1 is 1.65 bits per heavy atom. The van der Waals surface area contributed by atoms with E-state index in [-0.39, 0.29) is 16.5 Å². The number of hydrogen-bond donors (Lipinski definition) is 0. The normalized spacial score (nSPS) is 10.5. The van der Waals surface area contributed by atoms with Gasteiger partial charge in [0.05, 0.1) is 20.0 Å². The zero-order valence-corrected chi connectivity index (χ0v) is 12.0. The lowest BCUT2D eigenvalue weighted by atomic mass is 10.4. The van der Waals surface area contributed by atoms with Gasteiger partial charge in [-0.25, -0.2) is 4.98 Å². The van der Waals surface area contributed by atoms with Crippen molar-refractivity contribution in [2.24, 2.45) is 0 Å². The van der Waals surface area contributed by atoms with Crippen LogP contribution in [0.25, 0.3) is 0 Å². The third-order valence-corrected chi connectivity index (χ3v) is 4.06. The van der Waals surface area contributed by atoms with E-state index >= 15 is 0 Å². The lowest BCUT2D eigenvalue weighted by Gasteiger charge is -2.06. The van der Waals surface area contributed by atoms with E-state index in [2.05, 4.69) is 20.9 Å². The largest absolute Gasteiger partial charge is 0.489 e. The Labute approximate surface area is 115 Å². The van der Waals surface area contributed by atoms with Gasteiger partial charge in [0.15, 0.2) is 5.15 Å². The van der Waals surface area contributed by atoms with Crippen molar-refractivity contribution in [1.82, 2.24) is 9.55 Å². The van der Waals surface area contributed by atoms with E-state index in [0.29, 0.717) is 6.54 Å². The fourth-order valence-corrected chi connectivity index (χ4v) is 2.99. The molecule has 0 spiro atoms. The fraction of sp³-hybridized carbons (Fsp3) is 0.200. The molecule has 0 saturated carbocycles. The first kappa shape index (κ1) is 12.6. The number of ether oxygens (including phenoxy) is 1. The molecule has 17 heavy (non-hydrogen) atoms. The third-order valence-electron chi connectivity index (χ3n) is 2.11. The second-order valence-corrected chi connectivity index (χ2v) is 5.50. The molecule has 0 unspecified atom stereocenters. The highest BCUT2D eigenvalue weighted by atomic mass is 79.9. The Morgan fingerprint density at radius 3 is 3.00 bits per heavy atom. The molecule has 2 heterocycles. The van der Waals surface area contributed by atoms with E-state index in [1.165, 1.54) is 18.0 Å². The van der Waals surface area contributed by atoms with Crippen molar-refractivity contribution in [3.8, 4) is 5.75 Å². The maximum absolute atomic E-state index is 11.9. The molecule has 0 N–H and O–H groups in total. The van der Waals surface area contributed by atoms with Crippen molar-refractivity contribution in [2.75, 3.05) is 7.11 Å². The summed E-state index contributed by atoms with van der Waals surface area (Å²) in [5, 5.41) is 2.04. The summed E-state index contributed by atoms with van der Waals surface area (Å²) < 4.78 is 7.39. The first-order valence-electron chi connectivity index (χ1n) is 4.63. The van der Waals surface area contributed by atoms with Crippen LogP contribution in [0.1, 0.15) is 4.88 Å². The molecule has 0 bridgehead atoms. The maximum Gasteiger partial charge on any atom is 0.297 e. The molecule has 7 heteroatoms. The van der Waals surface area contributed by atoms with Crippen LogP contribution in [0.15, 0.2) is 27.0 Å². The van der Waals surface area contributed by atoms with Gasteiger partial charge in [-0.3, -0.25) is 9.36 Å². The van der Waals surface area contributed by atoms with E-state index < -0.39 is 0 Å². The number of thiophene rings is 1. The fourth-order valence-electron chi connectivity index (χ4n) is 1.34. The molecule has 4 nitrogen and oxygen atoms in total. The van der Waals surface area contributed by atoms with Crippen LogP contribution >= 0.6 is 38.9 Å². The highest BCUT2D eigenvalue weighted by Crippen LogP contribution is 2.21. The first-order chi connectivity index (χ1) is 8.11. The molecule has 0 amide bonds. The van der Waals surface area contributed by atoms with Gasteiger partial charge in [-0.15, -0.1) is 11.3 Å². The number of methoxy groups -OCH3 is 1. The second kappa shape index (κ2) is 5.20. The van der Waals surface area contributed by atoms with Gasteiger partial charge in [-0.05, 0) is 22.0 Å². The first-order valence-corrected chi connectivity index (χ1v) is 6.68. The monoisotopic (exact) mass is 334 g/mol. The van der Waals surface area contributed by atoms with Crippen LogP contribution in [0.3, 0.4) is 0 Å². The summed E-state index contributed by atoms with van der Waals surface area (Å²) >= 11 is 10.7. The number of aromatic nitrogens is 2. The van der Waals surface area contributed by atoms with E-state index in [4.69, 9.17) is 16.3 Å². The van der Waals surface area contributed by atoms with Crippen LogP contribution in [0, 0.1) is 0 Å². The highest BCUT2D eigenvalue weighted by Gasteiger charge is 2.11. The predicted molar refractivity (Wildman–Crippen MR) is 71.2 cm³/mol. The van der Waals surface area contributed by atoms with Crippen LogP contribution in [0.2, 0.25) is 5.15 Å². The third kappa shape index (κ3) is 2.70. The van der Waals surface area contributed by atoms with Gasteiger partial charge >= 0.3 is 0 Å². The smallest absolute Gasteiger partial charge is 0.297 e. The molecule has 2 rings (SSSR count). The average molecular weight is 336 g/mol. The average Bonchev–Trinajstić information content (AvgIpc) is 2.69. The Kier molecular flexibility index (Phi) is 3.86. The summed E-state index contributed by atoms with van der Waals surface area (Å²) in [5.41, 5.74) is -0.281. The topological polar surface area (TPSA) is 44.1 Å².